The number of hydrogen-bond donors (Lipinski definition) is 1. The van der Waals surface area contributed by atoms with Crippen LogP contribution < -0.4 is 15.0 Å². The van der Waals surface area contributed by atoms with Gasteiger partial charge in [-0.15, -0.1) is 0 Å². The van der Waals surface area contributed by atoms with Gasteiger partial charge in [-0.25, -0.2) is 9.97 Å². The number of nitrogens with one attached hydrogen (secondary N) is 1. The Morgan fingerprint density at radius 1 is 1.30 bits per heavy atom. The van der Waals surface area contributed by atoms with Gasteiger partial charge in [-0.05, 0) is 26.2 Å². The van der Waals surface area contributed by atoms with E-state index in [1.807, 2.05) is 0 Å². The lowest BCUT2D eigenvalue weighted by molar-refractivity contribution is 0.410. The summed E-state index contributed by atoms with van der Waals surface area (Å²) in [4.78, 5) is 11.2. The van der Waals surface area contributed by atoms with Gasteiger partial charge >= 0.3 is 0 Å². The number of ether oxygens (including phenoxy) is 1. The van der Waals surface area contributed by atoms with Crippen LogP contribution >= 0.6 is 0 Å². The predicted octanol–water partition coefficient (Wildman–Crippen LogP) is 3.08. The minimum atomic E-state index is 0.586. The maximum absolute atomic E-state index is 5.59. The molecule has 1 N–H and O–H groups in total. The predicted molar refractivity (Wildman–Crippen MR) is 82.6 cm³/mol. The standard InChI is InChI=1S/C15H26N4O/c1-4-10-16-14-13(20-3)15(18-11-17-14)19(5-2)12-8-6-7-9-12/h11-12H,4-10H2,1-3H3,(H,16,17,18). The van der Waals surface area contributed by atoms with Crippen molar-refractivity contribution in [3.8, 4) is 5.75 Å². The van der Waals surface area contributed by atoms with Gasteiger partial charge in [0.25, 0.3) is 0 Å². The molecule has 1 fully saturated rings. The summed E-state index contributed by atoms with van der Waals surface area (Å²) in [7, 11) is 1.70. The van der Waals surface area contributed by atoms with Crippen LogP contribution in [-0.4, -0.2) is 36.2 Å². The summed E-state index contributed by atoms with van der Waals surface area (Å²) < 4.78 is 5.59. The van der Waals surface area contributed by atoms with E-state index in [0.29, 0.717) is 6.04 Å². The van der Waals surface area contributed by atoms with Crippen LogP contribution in [0.25, 0.3) is 0 Å². The molecule has 1 aliphatic carbocycles. The lowest BCUT2D eigenvalue weighted by Gasteiger charge is -2.30. The Labute approximate surface area is 121 Å². The fourth-order valence-electron chi connectivity index (χ4n) is 2.92. The van der Waals surface area contributed by atoms with Crippen LogP contribution in [0.1, 0.15) is 46.0 Å². The molecule has 0 aliphatic heterocycles. The molecular formula is C15H26N4O. The summed E-state index contributed by atoms with van der Waals surface area (Å²) in [5.74, 6) is 2.50. The highest BCUT2D eigenvalue weighted by atomic mass is 16.5. The fraction of sp³-hybridized carbons (Fsp3) is 0.733. The highest BCUT2D eigenvalue weighted by Crippen LogP contribution is 2.36. The molecule has 1 aromatic heterocycles. The van der Waals surface area contributed by atoms with Crippen LogP contribution in [0.2, 0.25) is 0 Å². The summed E-state index contributed by atoms with van der Waals surface area (Å²) in [6.45, 7) is 6.16. The molecule has 0 bridgehead atoms. The van der Waals surface area contributed by atoms with Crippen molar-refractivity contribution in [1.29, 1.82) is 0 Å². The van der Waals surface area contributed by atoms with Crippen molar-refractivity contribution in [2.45, 2.75) is 52.0 Å². The molecule has 0 spiro atoms. The van der Waals surface area contributed by atoms with Crippen LogP contribution in [0.5, 0.6) is 5.75 Å². The second kappa shape index (κ2) is 7.31. The fourth-order valence-corrected chi connectivity index (χ4v) is 2.92. The molecule has 112 valence electrons. The van der Waals surface area contributed by atoms with E-state index >= 15 is 0 Å². The smallest absolute Gasteiger partial charge is 0.204 e. The number of nitrogens with zero attached hydrogens (tertiary/aromatic N) is 3. The zero-order valence-electron chi connectivity index (χ0n) is 12.9. The minimum Gasteiger partial charge on any atom is -0.490 e. The maximum Gasteiger partial charge on any atom is 0.204 e. The van der Waals surface area contributed by atoms with E-state index in [1.165, 1.54) is 25.7 Å². The van der Waals surface area contributed by atoms with Crippen LogP contribution in [0.15, 0.2) is 6.33 Å². The van der Waals surface area contributed by atoms with Gasteiger partial charge in [-0.3, -0.25) is 0 Å². The Balaban J connectivity index is 2.28. The van der Waals surface area contributed by atoms with Crippen molar-refractivity contribution >= 4 is 11.6 Å². The lowest BCUT2D eigenvalue weighted by Crippen LogP contribution is -2.34. The van der Waals surface area contributed by atoms with E-state index in [2.05, 4.69) is 34.0 Å². The molecule has 5 nitrogen and oxygen atoms in total. The van der Waals surface area contributed by atoms with Crippen molar-refractivity contribution in [1.82, 2.24) is 9.97 Å². The molecule has 20 heavy (non-hydrogen) atoms. The monoisotopic (exact) mass is 278 g/mol. The molecule has 1 aliphatic rings. The number of methoxy groups -OCH3 is 1. The Morgan fingerprint density at radius 2 is 2.05 bits per heavy atom. The average molecular weight is 278 g/mol. The Kier molecular flexibility index (Phi) is 5.44. The van der Waals surface area contributed by atoms with Gasteiger partial charge in [0.05, 0.1) is 7.11 Å². The molecule has 0 unspecified atom stereocenters. The van der Waals surface area contributed by atoms with Gasteiger partial charge in [-0.2, -0.15) is 0 Å². The molecule has 0 amide bonds. The van der Waals surface area contributed by atoms with Crippen LogP contribution in [0, 0.1) is 0 Å². The quantitative estimate of drug-likeness (QED) is 0.830. The first-order valence-electron chi connectivity index (χ1n) is 7.71. The molecular weight excluding hydrogens is 252 g/mol. The summed E-state index contributed by atoms with van der Waals surface area (Å²) >= 11 is 0. The summed E-state index contributed by atoms with van der Waals surface area (Å²) in [5, 5.41) is 3.32. The molecule has 0 radical (unpaired) electrons. The molecule has 1 saturated carbocycles. The highest BCUT2D eigenvalue weighted by Gasteiger charge is 2.26. The first-order chi connectivity index (χ1) is 9.81. The van der Waals surface area contributed by atoms with Crippen LogP contribution in [0.4, 0.5) is 11.6 Å². The van der Waals surface area contributed by atoms with Crippen molar-refractivity contribution in [2.24, 2.45) is 0 Å². The van der Waals surface area contributed by atoms with E-state index in [4.69, 9.17) is 4.74 Å². The second-order valence-electron chi connectivity index (χ2n) is 5.23. The third-order valence-corrected chi connectivity index (χ3v) is 3.91. The number of aromatic nitrogens is 2. The van der Waals surface area contributed by atoms with Crippen molar-refractivity contribution in [3.05, 3.63) is 6.33 Å². The Hall–Kier alpha value is -1.52. The van der Waals surface area contributed by atoms with E-state index in [-0.39, 0.29) is 0 Å². The number of anilines is 2. The van der Waals surface area contributed by atoms with Crippen molar-refractivity contribution < 1.29 is 4.74 Å². The molecule has 0 aromatic carbocycles. The first kappa shape index (κ1) is 14.9. The van der Waals surface area contributed by atoms with Gasteiger partial charge in [0.2, 0.25) is 5.75 Å². The van der Waals surface area contributed by atoms with Gasteiger partial charge in [0.1, 0.15) is 6.33 Å². The zero-order chi connectivity index (χ0) is 14.4. The summed E-state index contributed by atoms with van der Waals surface area (Å²) in [6, 6.07) is 0.586. The summed E-state index contributed by atoms with van der Waals surface area (Å²) in [5.41, 5.74) is 0. The third kappa shape index (κ3) is 3.14. The third-order valence-electron chi connectivity index (χ3n) is 3.91. The van der Waals surface area contributed by atoms with E-state index in [1.54, 1.807) is 13.4 Å². The van der Waals surface area contributed by atoms with E-state index in [9.17, 15) is 0 Å². The maximum atomic E-state index is 5.59. The molecule has 2 rings (SSSR count). The van der Waals surface area contributed by atoms with Crippen LogP contribution in [-0.2, 0) is 0 Å². The van der Waals surface area contributed by atoms with Crippen LogP contribution in [0.3, 0.4) is 0 Å². The minimum absolute atomic E-state index is 0.586. The van der Waals surface area contributed by atoms with Crippen molar-refractivity contribution in [3.63, 3.8) is 0 Å². The average Bonchev–Trinajstić information content (AvgIpc) is 3.00. The Morgan fingerprint density at radius 3 is 2.65 bits per heavy atom. The second-order valence-corrected chi connectivity index (χ2v) is 5.23. The molecule has 0 atom stereocenters. The zero-order valence-corrected chi connectivity index (χ0v) is 12.9. The van der Waals surface area contributed by atoms with Gasteiger partial charge in [0, 0.05) is 19.1 Å². The summed E-state index contributed by atoms with van der Waals surface area (Å²) in [6.07, 6.45) is 7.82. The number of rotatable bonds is 7. The Bertz CT molecular complexity index is 418. The SMILES string of the molecule is CCCNc1ncnc(N(CC)C2CCCC2)c1OC. The van der Waals surface area contributed by atoms with E-state index < -0.39 is 0 Å². The normalized spacial score (nSPS) is 15.3. The largest absolute Gasteiger partial charge is 0.490 e. The highest BCUT2D eigenvalue weighted by molar-refractivity contribution is 5.65. The van der Waals surface area contributed by atoms with Gasteiger partial charge in [-0.1, -0.05) is 19.8 Å². The van der Waals surface area contributed by atoms with Gasteiger partial charge < -0.3 is 15.0 Å². The first-order valence-corrected chi connectivity index (χ1v) is 7.71. The molecule has 0 saturated heterocycles. The molecule has 1 heterocycles. The van der Waals surface area contributed by atoms with Crippen molar-refractivity contribution in [2.75, 3.05) is 30.4 Å². The van der Waals surface area contributed by atoms with E-state index in [0.717, 1.165) is 36.9 Å². The molecule has 5 heteroatoms. The number of hydrogen-bond acceptors (Lipinski definition) is 5. The molecule has 1 aromatic rings. The van der Waals surface area contributed by atoms with Gasteiger partial charge in [0.15, 0.2) is 11.6 Å². The lowest BCUT2D eigenvalue weighted by atomic mass is 10.2. The topological polar surface area (TPSA) is 50.3 Å².